The van der Waals surface area contributed by atoms with Gasteiger partial charge in [-0.2, -0.15) is 5.10 Å². The molecule has 0 bridgehead atoms. The standard InChI is InChI=1S/C23H26ClN3O3/c1-5-13-26(17(3)28)15-22-16(2)25-27(19-8-6-7-18(24)14-19)23(22)30-21-11-9-20(29-4)10-12-21/h6-12,14H,5,13,15H2,1-4H3. The molecular weight excluding hydrogens is 402 g/mol. The van der Waals surface area contributed by atoms with E-state index in [1.807, 2.05) is 62.4 Å². The average molecular weight is 428 g/mol. The first kappa shape index (κ1) is 21.7. The summed E-state index contributed by atoms with van der Waals surface area (Å²) >= 11 is 6.21. The molecule has 1 heterocycles. The van der Waals surface area contributed by atoms with E-state index in [1.54, 1.807) is 23.6 Å². The highest BCUT2D eigenvalue weighted by Crippen LogP contribution is 2.33. The quantitative estimate of drug-likeness (QED) is 0.483. The summed E-state index contributed by atoms with van der Waals surface area (Å²) in [5.74, 6) is 1.96. The summed E-state index contributed by atoms with van der Waals surface area (Å²) in [6.07, 6.45) is 0.871. The van der Waals surface area contributed by atoms with Gasteiger partial charge in [0.15, 0.2) is 0 Å². The van der Waals surface area contributed by atoms with Crippen LogP contribution in [-0.4, -0.2) is 34.2 Å². The molecule has 0 radical (unpaired) electrons. The number of carbonyl (C=O) groups excluding carboxylic acids is 1. The van der Waals surface area contributed by atoms with E-state index in [1.165, 1.54) is 0 Å². The average Bonchev–Trinajstić information content (AvgIpc) is 3.03. The molecule has 0 N–H and O–H groups in total. The van der Waals surface area contributed by atoms with Crippen molar-refractivity contribution in [3.63, 3.8) is 0 Å². The fraction of sp³-hybridized carbons (Fsp3) is 0.304. The van der Waals surface area contributed by atoms with Crippen molar-refractivity contribution in [1.29, 1.82) is 0 Å². The zero-order valence-corrected chi connectivity index (χ0v) is 18.4. The van der Waals surface area contributed by atoms with Gasteiger partial charge in [0, 0.05) is 18.5 Å². The van der Waals surface area contributed by atoms with E-state index in [0.717, 1.165) is 29.1 Å². The normalized spacial score (nSPS) is 10.7. The van der Waals surface area contributed by atoms with Gasteiger partial charge >= 0.3 is 0 Å². The molecule has 1 aromatic heterocycles. The van der Waals surface area contributed by atoms with E-state index in [0.29, 0.717) is 29.7 Å². The highest BCUT2D eigenvalue weighted by molar-refractivity contribution is 6.30. The van der Waals surface area contributed by atoms with Crippen molar-refractivity contribution in [3.05, 3.63) is 64.8 Å². The molecule has 0 saturated carbocycles. The zero-order valence-electron chi connectivity index (χ0n) is 17.7. The van der Waals surface area contributed by atoms with Gasteiger partial charge in [-0.15, -0.1) is 0 Å². The summed E-state index contributed by atoms with van der Waals surface area (Å²) in [5, 5.41) is 5.30. The number of nitrogens with zero attached hydrogens (tertiary/aromatic N) is 3. The minimum atomic E-state index is 0.0159. The Hall–Kier alpha value is -2.99. The lowest BCUT2D eigenvalue weighted by Crippen LogP contribution is -2.29. The van der Waals surface area contributed by atoms with Gasteiger partial charge in [0.05, 0.1) is 30.6 Å². The molecule has 0 saturated heterocycles. The van der Waals surface area contributed by atoms with Crippen LogP contribution >= 0.6 is 11.6 Å². The number of hydrogen-bond donors (Lipinski definition) is 0. The van der Waals surface area contributed by atoms with Crippen molar-refractivity contribution < 1.29 is 14.3 Å². The van der Waals surface area contributed by atoms with Crippen molar-refractivity contribution in [3.8, 4) is 23.1 Å². The van der Waals surface area contributed by atoms with Gasteiger partial charge in [0.2, 0.25) is 11.8 Å². The molecule has 3 aromatic rings. The Morgan fingerprint density at radius 1 is 1.17 bits per heavy atom. The zero-order chi connectivity index (χ0) is 21.7. The number of carbonyl (C=O) groups is 1. The third-order valence-corrected chi connectivity index (χ3v) is 4.99. The van der Waals surface area contributed by atoms with Crippen LogP contribution < -0.4 is 9.47 Å². The molecule has 6 nitrogen and oxygen atoms in total. The lowest BCUT2D eigenvalue weighted by Gasteiger charge is -2.21. The third kappa shape index (κ3) is 4.94. The van der Waals surface area contributed by atoms with Crippen LogP contribution in [0, 0.1) is 6.92 Å². The molecule has 1 amide bonds. The number of rotatable bonds is 8. The minimum absolute atomic E-state index is 0.0159. The Morgan fingerprint density at radius 2 is 1.87 bits per heavy atom. The van der Waals surface area contributed by atoms with Gasteiger partial charge in [0.1, 0.15) is 11.5 Å². The second-order valence-corrected chi connectivity index (χ2v) is 7.42. The van der Waals surface area contributed by atoms with Crippen LogP contribution in [0.25, 0.3) is 5.69 Å². The fourth-order valence-electron chi connectivity index (χ4n) is 3.17. The maximum atomic E-state index is 12.1. The summed E-state index contributed by atoms with van der Waals surface area (Å²) in [6, 6.07) is 14.8. The molecular formula is C23H26ClN3O3. The van der Waals surface area contributed by atoms with Gasteiger partial charge in [-0.05, 0) is 55.8 Å². The maximum absolute atomic E-state index is 12.1. The summed E-state index contributed by atoms with van der Waals surface area (Å²) in [4.78, 5) is 13.9. The lowest BCUT2D eigenvalue weighted by molar-refractivity contribution is -0.129. The molecule has 30 heavy (non-hydrogen) atoms. The molecule has 0 fully saturated rings. The molecule has 3 rings (SSSR count). The Bertz CT molecular complexity index is 1020. The van der Waals surface area contributed by atoms with Crippen LogP contribution in [-0.2, 0) is 11.3 Å². The van der Waals surface area contributed by atoms with E-state index >= 15 is 0 Å². The Kier molecular flexibility index (Phi) is 7.00. The molecule has 7 heteroatoms. The largest absolute Gasteiger partial charge is 0.497 e. The summed E-state index contributed by atoms with van der Waals surface area (Å²) in [6.45, 7) is 6.63. The highest BCUT2D eigenvalue weighted by Gasteiger charge is 2.22. The van der Waals surface area contributed by atoms with Crippen LogP contribution in [0.5, 0.6) is 17.4 Å². The molecule has 0 aliphatic rings. The third-order valence-electron chi connectivity index (χ3n) is 4.75. The molecule has 0 aliphatic carbocycles. The Balaban J connectivity index is 2.07. The van der Waals surface area contributed by atoms with Gasteiger partial charge in [0.25, 0.3) is 0 Å². The Labute approximate surface area is 182 Å². The van der Waals surface area contributed by atoms with E-state index in [2.05, 4.69) is 0 Å². The van der Waals surface area contributed by atoms with Crippen LogP contribution in [0.2, 0.25) is 5.02 Å². The lowest BCUT2D eigenvalue weighted by atomic mass is 10.2. The Morgan fingerprint density at radius 3 is 2.47 bits per heavy atom. The van der Waals surface area contributed by atoms with Crippen molar-refractivity contribution in [1.82, 2.24) is 14.7 Å². The summed E-state index contributed by atoms with van der Waals surface area (Å²) in [5.41, 5.74) is 2.43. The SMILES string of the molecule is CCCN(Cc1c(C)nn(-c2cccc(Cl)c2)c1Oc1ccc(OC)cc1)C(C)=O. The minimum Gasteiger partial charge on any atom is -0.497 e. The predicted octanol–water partition coefficient (Wildman–Crippen LogP) is 5.39. The first-order chi connectivity index (χ1) is 14.4. The van der Waals surface area contributed by atoms with Gasteiger partial charge in [-0.25, -0.2) is 4.68 Å². The van der Waals surface area contributed by atoms with Crippen LogP contribution in [0.1, 0.15) is 31.5 Å². The van der Waals surface area contributed by atoms with Gasteiger partial charge in [-0.1, -0.05) is 24.6 Å². The molecule has 2 aromatic carbocycles. The van der Waals surface area contributed by atoms with Gasteiger partial charge in [-0.3, -0.25) is 4.79 Å². The van der Waals surface area contributed by atoms with E-state index < -0.39 is 0 Å². The fourth-order valence-corrected chi connectivity index (χ4v) is 3.36. The molecule has 0 atom stereocenters. The van der Waals surface area contributed by atoms with Crippen LogP contribution in [0.3, 0.4) is 0 Å². The first-order valence-corrected chi connectivity index (χ1v) is 10.2. The van der Waals surface area contributed by atoms with Crippen molar-refractivity contribution in [2.24, 2.45) is 0 Å². The number of aryl methyl sites for hydroxylation is 1. The monoisotopic (exact) mass is 427 g/mol. The number of hydrogen-bond acceptors (Lipinski definition) is 4. The molecule has 0 spiro atoms. The van der Waals surface area contributed by atoms with Crippen molar-refractivity contribution >= 4 is 17.5 Å². The number of benzene rings is 2. The summed E-state index contributed by atoms with van der Waals surface area (Å²) < 4.78 is 13.2. The van der Waals surface area contributed by atoms with E-state index in [9.17, 15) is 4.79 Å². The van der Waals surface area contributed by atoms with Crippen molar-refractivity contribution in [2.45, 2.75) is 33.7 Å². The number of amides is 1. The van der Waals surface area contributed by atoms with Crippen LogP contribution in [0.15, 0.2) is 48.5 Å². The maximum Gasteiger partial charge on any atom is 0.227 e. The number of halogens is 1. The smallest absolute Gasteiger partial charge is 0.227 e. The number of ether oxygens (including phenoxy) is 2. The second-order valence-electron chi connectivity index (χ2n) is 6.98. The highest BCUT2D eigenvalue weighted by atomic mass is 35.5. The summed E-state index contributed by atoms with van der Waals surface area (Å²) in [7, 11) is 1.62. The first-order valence-electron chi connectivity index (χ1n) is 9.84. The van der Waals surface area contributed by atoms with Crippen molar-refractivity contribution in [2.75, 3.05) is 13.7 Å². The van der Waals surface area contributed by atoms with E-state index in [4.69, 9.17) is 26.2 Å². The van der Waals surface area contributed by atoms with E-state index in [-0.39, 0.29) is 5.91 Å². The van der Waals surface area contributed by atoms with Gasteiger partial charge < -0.3 is 14.4 Å². The van der Waals surface area contributed by atoms with Crippen LogP contribution in [0.4, 0.5) is 0 Å². The number of methoxy groups -OCH3 is 1. The second kappa shape index (κ2) is 9.67. The molecule has 0 aliphatic heterocycles. The topological polar surface area (TPSA) is 56.6 Å². The predicted molar refractivity (Wildman–Crippen MR) is 118 cm³/mol. The molecule has 0 unspecified atom stereocenters. The number of aromatic nitrogens is 2. The molecule has 158 valence electrons.